The van der Waals surface area contributed by atoms with Crippen LogP contribution < -0.4 is 4.90 Å². The molecule has 0 atom stereocenters. The van der Waals surface area contributed by atoms with Gasteiger partial charge in [-0.25, -0.2) is 0 Å². The molecule has 1 aliphatic rings. The van der Waals surface area contributed by atoms with Gasteiger partial charge in [-0.3, -0.25) is 9.36 Å². The van der Waals surface area contributed by atoms with Crippen molar-refractivity contribution >= 4 is 11.9 Å². The van der Waals surface area contributed by atoms with Gasteiger partial charge in [0.2, 0.25) is 11.9 Å². The van der Waals surface area contributed by atoms with Crippen molar-refractivity contribution in [1.82, 2.24) is 19.7 Å². The fourth-order valence-electron chi connectivity index (χ4n) is 3.30. The highest BCUT2D eigenvalue weighted by molar-refractivity contribution is 5.73. The normalized spacial score (nSPS) is 15.7. The van der Waals surface area contributed by atoms with Crippen LogP contribution >= 0.6 is 0 Å². The molecule has 130 valence electrons. The lowest BCUT2D eigenvalue weighted by molar-refractivity contribution is -0.128. The highest BCUT2D eigenvalue weighted by Crippen LogP contribution is 2.28. The number of aryl methyl sites for hydroxylation is 2. The van der Waals surface area contributed by atoms with E-state index in [9.17, 15) is 4.79 Å². The summed E-state index contributed by atoms with van der Waals surface area (Å²) in [6.45, 7) is 11.6. The smallest absolute Gasteiger partial charge is 0.227 e. The summed E-state index contributed by atoms with van der Waals surface area (Å²) in [5, 5.41) is 8.86. The topological polar surface area (TPSA) is 67.4 Å². The standard InChI is InChI=1S/C17H25N5O2/c1-5-22-16(15-11-12(2)24-13(15)3)18-19-17(22)21-8-6-7-20(9-10-21)14(4)23/h11H,5-10H2,1-4H3. The number of anilines is 1. The summed E-state index contributed by atoms with van der Waals surface area (Å²) in [4.78, 5) is 15.7. The van der Waals surface area contributed by atoms with E-state index < -0.39 is 0 Å². The van der Waals surface area contributed by atoms with Gasteiger partial charge in [-0.2, -0.15) is 0 Å². The van der Waals surface area contributed by atoms with E-state index in [0.717, 1.165) is 68.0 Å². The average molecular weight is 331 g/mol. The molecule has 0 aliphatic carbocycles. The second-order valence-corrected chi connectivity index (χ2v) is 6.24. The Labute approximate surface area is 142 Å². The molecule has 7 heteroatoms. The summed E-state index contributed by atoms with van der Waals surface area (Å²) in [5.41, 5.74) is 0.994. The predicted molar refractivity (Wildman–Crippen MR) is 92.0 cm³/mol. The second kappa shape index (κ2) is 6.67. The third-order valence-corrected chi connectivity index (χ3v) is 4.55. The Morgan fingerprint density at radius 3 is 2.62 bits per heavy atom. The summed E-state index contributed by atoms with van der Waals surface area (Å²) >= 11 is 0. The summed E-state index contributed by atoms with van der Waals surface area (Å²) in [5.74, 6) is 3.59. The van der Waals surface area contributed by atoms with Gasteiger partial charge in [-0.1, -0.05) is 0 Å². The van der Waals surface area contributed by atoms with E-state index in [0.29, 0.717) is 0 Å². The zero-order valence-corrected chi connectivity index (χ0v) is 14.9. The molecule has 2 aromatic heterocycles. The lowest BCUT2D eigenvalue weighted by Gasteiger charge is -2.22. The van der Waals surface area contributed by atoms with Crippen LogP contribution in [0.3, 0.4) is 0 Å². The highest BCUT2D eigenvalue weighted by Gasteiger charge is 2.23. The fourth-order valence-corrected chi connectivity index (χ4v) is 3.30. The van der Waals surface area contributed by atoms with Gasteiger partial charge >= 0.3 is 0 Å². The van der Waals surface area contributed by atoms with Gasteiger partial charge in [-0.05, 0) is 33.3 Å². The number of aromatic nitrogens is 3. The molecule has 7 nitrogen and oxygen atoms in total. The number of hydrogen-bond donors (Lipinski definition) is 0. The van der Waals surface area contributed by atoms with Gasteiger partial charge < -0.3 is 14.2 Å². The van der Waals surface area contributed by atoms with Gasteiger partial charge in [0.15, 0.2) is 5.82 Å². The van der Waals surface area contributed by atoms with Gasteiger partial charge in [-0.15, -0.1) is 10.2 Å². The third-order valence-electron chi connectivity index (χ3n) is 4.55. The predicted octanol–water partition coefficient (Wildman–Crippen LogP) is 2.23. The quantitative estimate of drug-likeness (QED) is 0.863. The van der Waals surface area contributed by atoms with Crippen molar-refractivity contribution in [3.05, 3.63) is 17.6 Å². The average Bonchev–Trinajstić information content (AvgIpc) is 2.99. The molecule has 1 saturated heterocycles. The highest BCUT2D eigenvalue weighted by atomic mass is 16.3. The van der Waals surface area contributed by atoms with Crippen LogP contribution in [0, 0.1) is 13.8 Å². The Morgan fingerprint density at radius 2 is 2.00 bits per heavy atom. The molecule has 1 fully saturated rings. The van der Waals surface area contributed by atoms with Crippen molar-refractivity contribution < 1.29 is 9.21 Å². The van der Waals surface area contributed by atoms with E-state index >= 15 is 0 Å². The first kappa shape index (κ1) is 16.5. The molecular weight excluding hydrogens is 306 g/mol. The Bertz CT molecular complexity index is 733. The number of carbonyl (C=O) groups excluding carboxylic acids is 1. The van der Waals surface area contributed by atoms with Crippen molar-refractivity contribution in [1.29, 1.82) is 0 Å². The Morgan fingerprint density at radius 1 is 1.21 bits per heavy atom. The first-order valence-electron chi connectivity index (χ1n) is 8.52. The number of furan rings is 1. The van der Waals surface area contributed by atoms with E-state index in [1.165, 1.54) is 0 Å². The van der Waals surface area contributed by atoms with Gasteiger partial charge in [0.1, 0.15) is 11.5 Å². The fraction of sp³-hybridized carbons (Fsp3) is 0.588. The van der Waals surface area contributed by atoms with Gasteiger partial charge in [0, 0.05) is 39.6 Å². The van der Waals surface area contributed by atoms with E-state index in [4.69, 9.17) is 4.42 Å². The van der Waals surface area contributed by atoms with E-state index in [-0.39, 0.29) is 5.91 Å². The summed E-state index contributed by atoms with van der Waals surface area (Å²) in [7, 11) is 0. The molecular formula is C17H25N5O2. The summed E-state index contributed by atoms with van der Waals surface area (Å²) in [6.07, 6.45) is 0.940. The molecule has 0 unspecified atom stereocenters. The van der Waals surface area contributed by atoms with Crippen LogP contribution in [-0.2, 0) is 11.3 Å². The maximum atomic E-state index is 11.6. The molecule has 1 amide bonds. The Kier molecular flexibility index (Phi) is 4.59. The van der Waals surface area contributed by atoms with Crippen LogP contribution in [0.25, 0.3) is 11.4 Å². The maximum absolute atomic E-state index is 11.6. The number of amides is 1. The largest absolute Gasteiger partial charge is 0.466 e. The molecule has 0 bridgehead atoms. The third kappa shape index (κ3) is 3.02. The molecule has 0 aromatic carbocycles. The lowest BCUT2D eigenvalue weighted by atomic mass is 10.2. The Balaban J connectivity index is 1.89. The molecule has 24 heavy (non-hydrogen) atoms. The van der Waals surface area contributed by atoms with E-state index in [1.807, 2.05) is 24.8 Å². The van der Waals surface area contributed by atoms with Crippen molar-refractivity contribution in [3.8, 4) is 11.4 Å². The van der Waals surface area contributed by atoms with Gasteiger partial charge in [0.05, 0.1) is 5.56 Å². The second-order valence-electron chi connectivity index (χ2n) is 6.24. The molecule has 0 N–H and O–H groups in total. The molecule has 2 aromatic rings. The monoisotopic (exact) mass is 331 g/mol. The zero-order chi connectivity index (χ0) is 17.3. The number of hydrogen-bond acceptors (Lipinski definition) is 5. The minimum atomic E-state index is 0.138. The molecule has 1 aliphatic heterocycles. The number of carbonyl (C=O) groups is 1. The van der Waals surface area contributed by atoms with Crippen LogP contribution in [0.15, 0.2) is 10.5 Å². The van der Waals surface area contributed by atoms with Crippen LogP contribution in [0.2, 0.25) is 0 Å². The van der Waals surface area contributed by atoms with Crippen LogP contribution in [0.4, 0.5) is 5.95 Å². The number of rotatable bonds is 3. The zero-order valence-electron chi connectivity index (χ0n) is 14.9. The van der Waals surface area contributed by atoms with E-state index in [1.54, 1.807) is 6.92 Å². The first-order valence-corrected chi connectivity index (χ1v) is 8.52. The molecule has 3 heterocycles. The van der Waals surface area contributed by atoms with Crippen molar-refractivity contribution in [2.45, 2.75) is 40.7 Å². The minimum absolute atomic E-state index is 0.138. The molecule has 3 rings (SSSR count). The first-order chi connectivity index (χ1) is 11.5. The van der Waals surface area contributed by atoms with Crippen molar-refractivity contribution in [2.75, 3.05) is 31.1 Å². The Hall–Kier alpha value is -2.31. The van der Waals surface area contributed by atoms with E-state index in [2.05, 4.69) is 26.6 Å². The van der Waals surface area contributed by atoms with Gasteiger partial charge in [0.25, 0.3) is 0 Å². The van der Waals surface area contributed by atoms with Crippen LogP contribution in [0.1, 0.15) is 31.8 Å². The molecule has 0 saturated carbocycles. The number of nitrogens with zero attached hydrogens (tertiary/aromatic N) is 5. The SMILES string of the molecule is CCn1c(-c2cc(C)oc2C)nnc1N1CCCN(C(C)=O)CC1. The van der Waals surface area contributed by atoms with Crippen molar-refractivity contribution in [2.24, 2.45) is 0 Å². The molecule has 0 spiro atoms. The van der Waals surface area contributed by atoms with Crippen LogP contribution in [-0.4, -0.2) is 51.8 Å². The summed E-state index contributed by atoms with van der Waals surface area (Å²) in [6, 6.07) is 2.01. The van der Waals surface area contributed by atoms with Crippen molar-refractivity contribution in [3.63, 3.8) is 0 Å². The van der Waals surface area contributed by atoms with Crippen LogP contribution in [0.5, 0.6) is 0 Å². The minimum Gasteiger partial charge on any atom is -0.466 e. The lowest BCUT2D eigenvalue weighted by Crippen LogP contribution is -2.34. The molecule has 0 radical (unpaired) electrons. The maximum Gasteiger partial charge on any atom is 0.227 e. The summed E-state index contributed by atoms with van der Waals surface area (Å²) < 4.78 is 7.77.